The molecule has 5 nitrogen and oxygen atoms in total. The molecule has 0 spiro atoms. The van der Waals surface area contributed by atoms with E-state index in [1.165, 1.54) is 18.5 Å². The molecule has 0 aliphatic carbocycles. The minimum Gasteiger partial charge on any atom is -0.411 e. The molecule has 2 aromatic heterocycles. The fourth-order valence-electron chi connectivity index (χ4n) is 3.38. The molecule has 0 unspecified atom stereocenters. The predicted octanol–water partition coefficient (Wildman–Crippen LogP) is 4.50. The van der Waals surface area contributed by atoms with Crippen LogP contribution in [0.5, 0.6) is 0 Å². The van der Waals surface area contributed by atoms with E-state index >= 15 is 0 Å². The van der Waals surface area contributed by atoms with Gasteiger partial charge in [-0.2, -0.15) is 13.2 Å². The van der Waals surface area contributed by atoms with Gasteiger partial charge in [0.25, 0.3) is 0 Å². The smallest absolute Gasteiger partial charge is 0.411 e. The number of hydrogen-bond acceptors (Lipinski definition) is 5. The zero-order chi connectivity index (χ0) is 18.3. The van der Waals surface area contributed by atoms with Crippen LogP contribution in [0.1, 0.15) is 42.1 Å². The monoisotopic (exact) mass is 362 g/mol. The van der Waals surface area contributed by atoms with Gasteiger partial charge in [-0.05, 0) is 24.5 Å². The third-order valence-electron chi connectivity index (χ3n) is 4.66. The number of benzene rings is 1. The topological polar surface area (TPSA) is 55.1 Å². The van der Waals surface area contributed by atoms with Gasteiger partial charge in [-0.15, -0.1) is 5.10 Å². The van der Waals surface area contributed by atoms with Gasteiger partial charge in [-0.1, -0.05) is 30.6 Å². The zero-order valence-electron chi connectivity index (χ0n) is 14.2. The molecule has 0 radical (unpaired) electrons. The van der Waals surface area contributed by atoms with Crippen LogP contribution in [0.25, 0.3) is 10.9 Å². The van der Waals surface area contributed by atoms with Crippen molar-refractivity contribution >= 4 is 16.9 Å². The van der Waals surface area contributed by atoms with Crippen LogP contribution in [-0.4, -0.2) is 15.2 Å². The number of aromatic nitrogens is 3. The van der Waals surface area contributed by atoms with Crippen molar-refractivity contribution in [3.8, 4) is 0 Å². The van der Waals surface area contributed by atoms with Crippen molar-refractivity contribution in [2.24, 2.45) is 0 Å². The molecular weight excluding hydrogens is 345 g/mol. The molecule has 0 fully saturated rings. The van der Waals surface area contributed by atoms with Crippen molar-refractivity contribution < 1.29 is 17.6 Å². The zero-order valence-corrected chi connectivity index (χ0v) is 14.2. The molecule has 1 aliphatic rings. The van der Waals surface area contributed by atoms with Gasteiger partial charge in [-0.25, -0.2) is 0 Å². The first-order valence-electron chi connectivity index (χ1n) is 8.50. The maximum absolute atomic E-state index is 13.6. The van der Waals surface area contributed by atoms with Gasteiger partial charge < -0.3 is 9.32 Å². The Balaban J connectivity index is 1.84. The molecule has 1 aromatic carbocycles. The van der Waals surface area contributed by atoms with E-state index in [9.17, 15) is 13.2 Å². The first-order valence-corrected chi connectivity index (χ1v) is 8.50. The van der Waals surface area contributed by atoms with Crippen LogP contribution in [0.3, 0.4) is 0 Å². The third kappa shape index (κ3) is 2.89. The van der Waals surface area contributed by atoms with Gasteiger partial charge in [0.05, 0.1) is 17.6 Å². The highest BCUT2D eigenvalue weighted by atomic mass is 19.4. The van der Waals surface area contributed by atoms with Crippen LogP contribution in [0.15, 0.2) is 29.0 Å². The Morgan fingerprint density at radius 1 is 1.23 bits per heavy atom. The van der Waals surface area contributed by atoms with E-state index in [1.54, 1.807) is 6.07 Å². The molecule has 4 rings (SSSR count). The Kier molecular flexibility index (Phi) is 4.05. The summed E-state index contributed by atoms with van der Waals surface area (Å²) in [6.45, 7) is 2.91. The van der Waals surface area contributed by atoms with Gasteiger partial charge in [0, 0.05) is 23.2 Å². The van der Waals surface area contributed by atoms with Crippen molar-refractivity contribution in [2.45, 2.75) is 45.5 Å². The summed E-state index contributed by atoms with van der Waals surface area (Å²) < 4.78 is 46.0. The minimum absolute atomic E-state index is 0.142. The summed E-state index contributed by atoms with van der Waals surface area (Å²) in [5, 5.41) is 7.69. The van der Waals surface area contributed by atoms with Crippen LogP contribution >= 0.6 is 0 Å². The third-order valence-corrected chi connectivity index (χ3v) is 4.66. The van der Waals surface area contributed by atoms with Crippen LogP contribution < -0.4 is 4.90 Å². The number of anilines is 1. The molecule has 0 saturated carbocycles. The standard InChI is InChI=1S/C18H17F3N4O/c1-2-3-4-12-7-15(18(19,20)21)13-6-5-11-8-25(17-24-22-10-26-17)9-14(11)16(13)23-12/h5-7,10H,2-4,8-9H2,1H3. The van der Waals surface area contributed by atoms with E-state index in [0.29, 0.717) is 36.7 Å². The fourth-order valence-corrected chi connectivity index (χ4v) is 3.38. The number of aryl methyl sites for hydroxylation is 1. The highest BCUT2D eigenvalue weighted by Gasteiger charge is 2.35. The summed E-state index contributed by atoms with van der Waals surface area (Å²) in [4.78, 5) is 6.42. The normalized spacial score (nSPS) is 14.2. The lowest BCUT2D eigenvalue weighted by atomic mass is 9.99. The molecule has 8 heteroatoms. The van der Waals surface area contributed by atoms with E-state index in [4.69, 9.17) is 4.42 Å². The number of alkyl halides is 3. The molecule has 0 amide bonds. The quantitative estimate of drug-likeness (QED) is 0.684. The maximum Gasteiger partial charge on any atom is 0.417 e. The van der Waals surface area contributed by atoms with E-state index in [0.717, 1.165) is 24.0 Å². The highest BCUT2D eigenvalue weighted by Crippen LogP contribution is 2.39. The predicted molar refractivity (Wildman–Crippen MR) is 89.5 cm³/mol. The molecule has 1 aliphatic heterocycles. The molecule has 3 aromatic rings. The second-order valence-electron chi connectivity index (χ2n) is 6.44. The summed E-state index contributed by atoms with van der Waals surface area (Å²) in [7, 11) is 0. The number of fused-ring (bicyclic) bond motifs is 3. The van der Waals surface area contributed by atoms with Gasteiger partial charge in [0.1, 0.15) is 0 Å². The average molecular weight is 362 g/mol. The van der Waals surface area contributed by atoms with Crippen molar-refractivity contribution in [1.29, 1.82) is 0 Å². The fraction of sp³-hybridized carbons (Fsp3) is 0.389. The van der Waals surface area contributed by atoms with Gasteiger partial charge in [-0.3, -0.25) is 4.98 Å². The van der Waals surface area contributed by atoms with Crippen LogP contribution in [-0.2, 0) is 25.7 Å². The van der Waals surface area contributed by atoms with E-state index in [2.05, 4.69) is 15.2 Å². The molecule has 3 heterocycles. The summed E-state index contributed by atoms with van der Waals surface area (Å²) in [5.41, 5.74) is 2.02. The lowest BCUT2D eigenvalue weighted by Gasteiger charge is -2.14. The molecule has 0 bridgehead atoms. The van der Waals surface area contributed by atoms with Gasteiger partial charge in [0.15, 0.2) is 0 Å². The lowest BCUT2D eigenvalue weighted by Crippen LogP contribution is -2.14. The van der Waals surface area contributed by atoms with E-state index in [-0.39, 0.29) is 5.39 Å². The molecule has 0 atom stereocenters. The molecule has 26 heavy (non-hydrogen) atoms. The summed E-state index contributed by atoms with van der Waals surface area (Å²) in [6, 6.07) is 4.80. The number of nitrogens with zero attached hydrogens (tertiary/aromatic N) is 4. The highest BCUT2D eigenvalue weighted by molar-refractivity contribution is 5.87. The van der Waals surface area contributed by atoms with Gasteiger partial charge >= 0.3 is 12.2 Å². The van der Waals surface area contributed by atoms with Crippen molar-refractivity contribution in [1.82, 2.24) is 15.2 Å². The Morgan fingerprint density at radius 3 is 2.77 bits per heavy atom. The van der Waals surface area contributed by atoms with Crippen molar-refractivity contribution in [3.63, 3.8) is 0 Å². The Hall–Kier alpha value is -2.64. The van der Waals surface area contributed by atoms with Crippen LogP contribution in [0, 0.1) is 0 Å². The summed E-state index contributed by atoms with van der Waals surface area (Å²) >= 11 is 0. The summed E-state index contributed by atoms with van der Waals surface area (Å²) in [5.74, 6) is 0. The molecule has 136 valence electrons. The van der Waals surface area contributed by atoms with E-state index in [1.807, 2.05) is 11.8 Å². The number of unbranched alkanes of at least 4 members (excludes halogenated alkanes) is 1. The SMILES string of the molecule is CCCCc1cc(C(F)(F)F)c2ccc3c(c2n1)CN(c1nnco1)C3. The number of rotatable bonds is 4. The van der Waals surface area contributed by atoms with Crippen molar-refractivity contribution in [3.05, 3.63) is 47.0 Å². The lowest BCUT2D eigenvalue weighted by molar-refractivity contribution is -0.136. The summed E-state index contributed by atoms with van der Waals surface area (Å²) in [6.07, 6.45) is -0.940. The Morgan fingerprint density at radius 2 is 2.08 bits per heavy atom. The average Bonchev–Trinajstić information content (AvgIpc) is 3.27. The second-order valence-corrected chi connectivity index (χ2v) is 6.44. The second kappa shape index (κ2) is 6.26. The molecular formula is C18H17F3N4O. The first kappa shape index (κ1) is 16.8. The maximum atomic E-state index is 13.6. The number of hydrogen-bond donors (Lipinski definition) is 0. The Bertz CT molecular complexity index is 938. The minimum atomic E-state index is -4.42. The number of pyridine rings is 1. The Labute approximate surface area is 147 Å². The van der Waals surface area contributed by atoms with E-state index < -0.39 is 11.7 Å². The largest absolute Gasteiger partial charge is 0.417 e. The first-order chi connectivity index (χ1) is 12.5. The molecule has 0 N–H and O–H groups in total. The molecule has 0 saturated heterocycles. The van der Waals surface area contributed by atoms with Gasteiger partial charge in [0.2, 0.25) is 6.39 Å². The van der Waals surface area contributed by atoms with Crippen LogP contribution in [0.4, 0.5) is 19.2 Å². The number of halogens is 3. The van der Waals surface area contributed by atoms with Crippen LogP contribution in [0.2, 0.25) is 0 Å². The van der Waals surface area contributed by atoms with Crippen molar-refractivity contribution in [2.75, 3.05) is 4.90 Å².